The van der Waals surface area contributed by atoms with Crippen molar-refractivity contribution in [2.24, 2.45) is 0 Å². The summed E-state index contributed by atoms with van der Waals surface area (Å²) in [7, 11) is 1.62. The lowest BCUT2D eigenvalue weighted by Crippen LogP contribution is -2.08. The van der Waals surface area contributed by atoms with Crippen LogP contribution in [0.5, 0.6) is 5.75 Å². The third-order valence-corrected chi connectivity index (χ3v) is 4.51. The van der Waals surface area contributed by atoms with Gasteiger partial charge in [0, 0.05) is 6.08 Å². The van der Waals surface area contributed by atoms with Crippen LogP contribution >= 0.6 is 34.8 Å². The van der Waals surface area contributed by atoms with Crippen molar-refractivity contribution in [3.8, 4) is 5.75 Å². The molecule has 0 unspecified atom stereocenters. The van der Waals surface area contributed by atoms with Gasteiger partial charge in [-0.25, -0.2) is 0 Å². The number of aryl methyl sites for hydroxylation is 2. The Morgan fingerprint density at radius 1 is 1.00 bits per heavy atom. The van der Waals surface area contributed by atoms with Gasteiger partial charge in [-0.1, -0.05) is 34.8 Å². The molecule has 0 fully saturated rings. The molecule has 6 heteroatoms. The highest BCUT2D eigenvalue weighted by molar-refractivity contribution is 6.44. The summed E-state index contributed by atoms with van der Waals surface area (Å²) in [6, 6.07) is 6.84. The van der Waals surface area contributed by atoms with Crippen LogP contribution in [0.4, 0.5) is 5.69 Å². The SMILES string of the molecule is COc1cc(C)c(/C=C/C(=O)Nc2cc(Cl)c(Cl)cc2Cl)c(C)c1. The molecule has 2 aromatic carbocycles. The fourth-order valence-electron chi connectivity index (χ4n) is 2.27. The van der Waals surface area contributed by atoms with Crippen LogP contribution in [0.15, 0.2) is 30.3 Å². The molecule has 2 aromatic rings. The zero-order chi connectivity index (χ0) is 17.9. The van der Waals surface area contributed by atoms with Crippen molar-refractivity contribution in [1.82, 2.24) is 0 Å². The molecule has 3 nitrogen and oxygen atoms in total. The highest BCUT2D eigenvalue weighted by Crippen LogP contribution is 2.32. The first-order valence-electron chi connectivity index (χ1n) is 7.10. The van der Waals surface area contributed by atoms with E-state index in [1.807, 2.05) is 26.0 Å². The van der Waals surface area contributed by atoms with Crippen LogP contribution < -0.4 is 10.1 Å². The smallest absolute Gasteiger partial charge is 0.248 e. The van der Waals surface area contributed by atoms with Gasteiger partial charge in [0.25, 0.3) is 0 Å². The molecule has 126 valence electrons. The monoisotopic (exact) mass is 383 g/mol. The Kier molecular flexibility index (Phi) is 6.16. The molecule has 0 aromatic heterocycles. The number of benzene rings is 2. The number of rotatable bonds is 4. The van der Waals surface area contributed by atoms with Crippen molar-refractivity contribution in [3.05, 3.63) is 62.1 Å². The van der Waals surface area contributed by atoms with Gasteiger partial charge in [-0.2, -0.15) is 0 Å². The number of methoxy groups -OCH3 is 1. The molecule has 0 aliphatic heterocycles. The predicted molar refractivity (Wildman–Crippen MR) is 102 cm³/mol. The summed E-state index contributed by atoms with van der Waals surface area (Å²) in [5, 5.41) is 3.66. The molecular formula is C18H16Cl3NO2. The molecule has 24 heavy (non-hydrogen) atoms. The average Bonchev–Trinajstić information content (AvgIpc) is 2.51. The van der Waals surface area contributed by atoms with E-state index in [2.05, 4.69) is 5.32 Å². The molecule has 2 rings (SSSR count). The van der Waals surface area contributed by atoms with Crippen LogP contribution in [0.2, 0.25) is 15.1 Å². The van der Waals surface area contributed by atoms with E-state index in [4.69, 9.17) is 39.5 Å². The standard InChI is InChI=1S/C18H16Cl3NO2/c1-10-6-12(24-3)7-11(2)13(10)4-5-18(23)22-17-9-15(20)14(19)8-16(17)21/h4-9H,1-3H3,(H,22,23)/b5-4+. The van der Waals surface area contributed by atoms with Crippen molar-refractivity contribution in [2.75, 3.05) is 12.4 Å². The molecule has 0 saturated carbocycles. The summed E-state index contributed by atoms with van der Waals surface area (Å²) in [6.45, 7) is 3.92. The van der Waals surface area contributed by atoms with Crippen molar-refractivity contribution >= 4 is 52.5 Å². The fourth-order valence-corrected chi connectivity index (χ4v) is 2.86. The van der Waals surface area contributed by atoms with Gasteiger partial charge in [-0.15, -0.1) is 0 Å². The van der Waals surface area contributed by atoms with Crippen LogP contribution in [0, 0.1) is 13.8 Å². The maximum atomic E-state index is 12.1. The van der Waals surface area contributed by atoms with Crippen molar-refractivity contribution in [2.45, 2.75) is 13.8 Å². The normalized spacial score (nSPS) is 10.9. The van der Waals surface area contributed by atoms with Gasteiger partial charge in [0.15, 0.2) is 0 Å². The Bertz CT molecular complexity index is 793. The maximum absolute atomic E-state index is 12.1. The first kappa shape index (κ1) is 18.7. The van der Waals surface area contributed by atoms with Gasteiger partial charge in [0.05, 0.1) is 27.9 Å². The number of anilines is 1. The van der Waals surface area contributed by atoms with E-state index < -0.39 is 0 Å². The van der Waals surface area contributed by atoms with Gasteiger partial charge in [0.2, 0.25) is 5.91 Å². The summed E-state index contributed by atoms with van der Waals surface area (Å²) in [5.41, 5.74) is 3.40. The van der Waals surface area contributed by atoms with Crippen LogP contribution in [0.1, 0.15) is 16.7 Å². The molecule has 0 saturated heterocycles. The quantitative estimate of drug-likeness (QED) is 0.524. The molecule has 1 amide bonds. The average molecular weight is 385 g/mol. The Morgan fingerprint density at radius 2 is 1.58 bits per heavy atom. The highest BCUT2D eigenvalue weighted by Gasteiger charge is 2.08. The van der Waals surface area contributed by atoms with Crippen LogP contribution in [0.3, 0.4) is 0 Å². The second-order valence-electron chi connectivity index (χ2n) is 5.24. The third kappa shape index (κ3) is 4.44. The van der Waals surface area contributed by atoms with E-state index in [1.165, 1.54) is 18.2 Å². The molecular weight excluding hydrogens is 369 g/mol. The number of amides is 1. The largest absolute Gasteiger partial charge is 0.497 e. The zero-order valence-electron chi connectivity index (χ0n) is 13.4. The number of ether oxygens (including phenoxy) is 1. The Balaban J connectivity index is 2.19. The van der Waals surface area contributed by atoms with E-state index in [-0.39, 0.29) is 5.91 Å². The number of carbonyl (C=O) groups is 1. The van der Waals surface area contributed by atoms with Gasteiger partial charge in [-0.05, 0) is 60.9 Å². The van der Waals surface area contributed by atoms with Crippen molar-refractivity contribution < 1.29 is 9.53 Å². The second kappa shape index (κ2) is 7.93. The number of halogens is 3. The first-order chi connectivity index (χ1) is 11.3. The van der Waals surface area contributed by atoms with Crippen LogP contribution in [-0.2, 0) is 4.79 Å². The minimum Gasteiger partial charge on any atom is -0.497 e. The lowest BCUT2D eigenvalue weighted by atomic mass is 10.0. The predicted octanol–water partition coefficient (Wildman–Crippen LogP) is 5.92. The Hall–Kier alpha value is -1.68. The summed E-state index contributed by atoms with van der Waals surface area (Å²) in [4.78, 5) is 12.1. The van der Waals surface area contributed by atoms with E-state index in [9.17, 15) is 4.79 Å². The first-order valence-corrected chi connectivity index (χ1v) is 8.24. The van der Waals surface area contributed by atoms with Crippen molar-refractivity contribution in [3.63, 3.8) is 0 Å². The van der Waals surface area contributed by atoms with E-state index in [0.717, 1.165) is 22.4 Å². The second-order valence-corrected chi connectivity index (χ2v) is 6.47. The molecule has 0 heterocycles. The number of hydrogen-bond donors (Lipinski definition) is 1. The number of hydrogen-bond acceptors (Lipinski definition) is 2. The van der Waals surface area contributed by atoms with E-state index in [1.54, 1.807) is 13.2 Å². The minimum atomic E-state index is -0.315. The molecule has 0 atom stereocenters. The van der Waals surface area contributed by atoms with E-state index >= 15 is 0 Å². The van der Waals surface area contributed by atoms with Gasteiger partial charge >= 0.3 is 0 Å². The summed E-state index contributed by atoms with van der Waals surface area (Å²) >= 11 is 17.9. The molecule has 1 N–H and O–H groups in total. The maximum Gasteiger partial charge on any atom is 0.248 e. The zero-order valence-corrected chi connectivity index (χ0v) is 15.7. The third-order valence-electron chi connectivity index (χ3n) is 3.47. The number of carbonyl (C=O) groups excluding carboxylic acids is 1. The van der Waals surface area contributed by atoms with Gasteiger partial charge in [0.1, 0.15) is 5.75 Å². The summed E-state index contributed by atoms with van der Waals surface area (Å²) in [5.74, 6) is 0.471. The molecule has 0 radical (unpaired) electrons. The molecule has 0 bridgehead atoms. The summed E-state index contributed by atoms with van der Waals surface area (Å²) in [6.07, 6.45) is 3.20. The van der Waals surface area contributed by atoms with Gasteiger partial charge in [-0.3, -0.25) is 4.79 Å². The molecule has 0 spiro atoms. The topological polar surface area (TPSA) is 38.3 Å². The number of nitrogens with one attached hydrogen (secondary N) is 1. The van der Waals surface area contributed by atoms with Crippen molar-refractivity contribution in [1.29, 1.82) is 0 Å². The minimum absolute atomic E-state index is 0.315. The fraction of sp³-hybridized carbons (Fsp3) is 0.167. The Morgan fingerprint density at radius 3 is 2.17 bits per heavy atom. The van der Waals surface area contributed by atoms with E-state index in [0.29, 0.717) is 20.8 Å². The Labute approximate surface area is 156 Å². The molecule has 0 aliphatic carbocycles. The van der Waals surface area contributed by atoms with Gasteiger partial charge < -0.3 is 10.1 Å². The van der Waals surface area contributed by atoms with Crippen LogP contribution in [0.25, 0.3) is 6.08 Å². The highest BCUT2D eigenvalue weighted by atomic mass is 35.5. The van der Waals surface area contributed by atoms with Crippen LogP contribution in [-0.4, -0.2) is 13.0 Å². The lowest BCUT2D eigenvalue weighted by Gasteiger charge is -2.09. The lowest BCUT2D eigenvalue weighted by molar-refractivity contribution is -0.111. The summed E-state index contributed by atoms with van der Waals surface area (Å²) < 4.78 is 5.23. The molecule has 0 aliphatic rings.